The van der Waals surface area contributed by atoms with E-state index in [2.05, 4.69) is 27.1 Å². The van der Waals surface area contributed by atoms with Crippen molar-refractivity contribution in [1.82, 2.24) is 15.8 Å². The second-order valence-electron chi connectivity index (χ2n) is 5.63. The summed E-state index contributed by atoms with van der Waals surface area (Å²) in [5.41, 5.74) is 8.18. The first-order chi connectivity index (χ1) is 12.0. The Morgan fingerprint density at radius 3 is 2.76 bits per heavy atom. The number of alkyl carbamates (subject to hydrolysis) is 1. The van der Waals surface area contributed by atoms with E-state index in [-0.39, 0.29) is 0 Å². The zero-order valence-electron chi connectivity index (χ0n) is 14.8. The second-order valence-corrected chi connectivity index (χ2v) is 5.63. The number of carbonyl (C=O) groups is 1. The van der Waals surface area contributed by atoms with Crippen molar-refractivity contribution in [2.45, 2.75) is 27.0 Å². The van der Waals surface area contributed by atoms with E-state index in [4.69, 9.17) is 4.84 Å². The highest BCUT2D eigenvalue weighted by atomic mass is 16.6. The molecular weight excluding hydrogens is 318 g/mol. The minimum absolute atomic E-state index is 0.337. The van der Waals surface area contributed by atoms with Crippen molar-refractivity contribution in [1.29, 1.82) is 0 Å². The maximum Gasteiger partial charge on any atom is 0.407 e. The third-order valence-electron chi connectivity index (χ3n) is 3.67. The molecule has 0 fully saturated rings. The minimum atomic E-state index is -0.462. The lowest BCUT2D eigenvalue weighted by molar-refractivity contribution is 0.0625. The third-order valence-corrected chi connectivity index (χ3v) is 3.67. The molecule has 0 unspecified atom stereocenters. The van der Waals surface area contributed by atoms with Crippen LogP contribution in [0.15, 0.2) is 43.0 Å². The van der Waals surface area contributed by atoms with Crippen molar-refractivity contribution in [2.75, 3.05) is 7.11 Å². The van der Waals surface area contributed by atoms with Crippen LogP contribution >= 0.6 is 0 Å². The van der Waals surface area contributed by atoms with Crippen LogP contribution in [0.1, 0.15) is 28.1 Å². The maximum absolute atomic E-state index is 11.2. The minimum Gasteiger partial charge on any atom is -0.453 e. The molecule has 0 saturated carbocycles. The van der Waals surface area contributed by atoms with E-state index in [0.29, 0.717) is 18.8 Å². The van der Waals surface area contributed by atoms with Gasteiger partial charge in [0.15, 0.2) is 0 Å². The van der Waals surface area contributed by atoms with Gasteiger partial charge in [0.25, 0.3) is 0 Å². The molecule has 6 heteroatoms. The van der Waals surface area contributed by atoms with E-state index in [1.54, 1.807) is 0 Å². The third kappa shape index (κ3) is 5.61. The number of hydrogen-bond donors (Lipinski definition) is 2. The fraction of sp³-hybridized carbons (Fsp3) is 0.263. The number of aromatic nitrogens is 1. The molecule has 0 spiro atoms. The lowest BCUT2D eigenvalue weighted by Gasteiger charge is -2.13. The van der Waals surface area contributed by atoms with Gasteiger partial charge in [-0.1, -0.05) is 24.8 Å². The Kier molecular flexibility index (Phi) is 6.54. The van der Waals surface area contributed by atoms with Gasteiger partial charge in [-0.25, -0.2) is 4.79 Å². The van der Waals surface area contributed by atoms with Gasteiger partial charge in [0.2, 0.25) is 0 Å². The van der Waals surface area contributed by atoms with Gasteiger partial charge in [-0.2, -0.15) is 0 Å². The van der Waals surface area contributed by atoms with E-state index in [1.807, 2.05) is 50.2 Å². The first kappa shape index (κ1) is 18.5. The van der Waals surface area contributed by atoms with Gasteiger partial charge in [0.1, 0.15) is 6.61 Å². The molecule has 6 nitrogen and oxygen atoms in total. The molecule has 0 radical (unpaired) electrons. The van der Waals surface area contributed by atoms with Crippen molar-refractivity contribution < 1.29 is 14.4 Å². The smallest absolute Gasteiger partial charge is 0.407 e. The van der Waals surface area contributed by atoms with Gasteiger partial charge in [-0.05, 0) is 48.7 Å². The van der Waals surface area contributed by atoms with Crippen molar-refractivity contribution in [3.8, 4) is 0 Å². The van der Waals surface area contributed by atoms with Crippen molar-refractivity contribution >= 4 is 11.8 Å². The predicted molar refractivity (Wildman–Crippen MR) is 96.4 cm³/mol. The zero-order chi connectivity index (χ0) is 18.2. The van der Waals surface area contributed by atoms with Gasteiger partial charge in [0.05, 0.1) is 18.5 Å². The van der Waals surface area contributed by atoms with Crippen LogP contribution in [0.5, 0.6) is 0 Å². The number of nitrogens with zero attached hydrogens (tertiary/aromatic N) is 1. The summed E-state index contributed by atoms with van der Waals surface area (Å²) in [6.07, 6.45) is -0.462. The number of nitrogens with one attached hydrogen (secondary N) is 2. The average Bonchev–Trinajstić information content (AvgIpc) is 2.60. The monoisotopic (exact) mass is 341 g/mol. The molecule has 1 heterocycles. The Labute approximate surface area is 147 Å². The number of rotatable bonds is 7. The lowest BCUT2D eigenvalue weighted by Crippen LogP contribution is -2.23. The Hall–Kier alpha value is -2.86. The van der Waals surface area contributed by atoms with Crippen molar-refractivity contribution in [3.63, 3.8) is 0 Å². The largest absolute Gasteiger partial charge is 0.453 e. The average molecular weight is 341 g/mol. The summed E-state index contributed by atoms with van der Waals surface area (Å²) in [7, 11) is 1.34. The first-order valence-electron chi connectivity index (χ1n) is 7.90. The second kappa shape index (κ2) is 8.84. The number of carbonyl (C=O) groups excluding carboxylic acids is 1. The fourth-order valence-electron chi connectivity index (χ4n) is 2.23. The topological polar surface area (TPSA) is 72.5 Å². The molecule has 1 aromatic heterocycles. The standard InChI is InChI=1S/C19H23N3O3/c1-13-8-9-16(10-17(13)11-20-19(23)24-4)15(3)22-25-12-18-7-5-6-14(2)21-18/h5-10,22H,3,11-12H2,1-2,4H3,(H,20,23). The molecule has 1 amide bonds. The van der Waals surface area contributed by atoms with Gasteiger partial charge in [0, 0.05) is 12.2 Å². The summed E-state index contributed by atoms with van der Waals surface area (Å²) in [5, 5.41) is 2.67. The summed E-state index contributed by atoms with van der Waals surface area (Å²) < 4.78 is 4.59. The van der Waals surface area contributed by atoms with E-state index in [1.165, 1.54) is 7.11 Å². The highest BCUT2D eigenvalue weighted by Gasteiger charge is 2.06. The van der Waals surface area contributed by atoms with Crippen LogP contribution < -0.4 is 10.8 Å². The van der Waals surface area contributed by atoms with Crippen LogP contribution in [-0.4, -0.2) is 18.2 Å². The number of ether oxygens (including phenoxy) is 1. The summed E-state index contributed by atoms with van der Waals surface area (Å²) >= 11 is 0. The highest BCUT2D eigenvalue weighted by molar-refractivity contribution is 5.67. The molecule has 0 aliphatic carbocycles. The molecule has 0 saturated heterocycles. The molecule has 2 N–H and O–H groups in total. The van der Waals surface area contributed by atoms with Gasteiger partial charge in [-0.15, -0.1) is 0 Å². The zero-order valence-corrected chi connectivity index (χ0v) is 14.8. The Bertz CT molecular complexity index is 759. The van der Waals surface area contributed by atoms with E-state index in [0.717, 1.165) is 28.1 Å². The van der Waals surface area contributed by atoms with Crippen LogP contribution in [-0.2, 0) is 22.7 Å². The van der Waals surface area contributed by atoms with E-state index in [9.17, 15) is 4.79 Å². The van der Waals surface area contributed by atoms with Crippen molar-refractivity contribution in [2.24, 2.45) is 0 Å². The van der Waals surface area contributed by atoms with E-state index < -0.39 is 6.09 Å². The number of amides is 1. The first-order valence-corrected chi connectivity index (χ1v) is 7.90. The number of benzene rings is 1. The molecule has 2 rings (SSSR count). The SMILES string of the molecule is C=C(NOCc1cccc(C)n1)c1ccc(C)c(CNC(=O)OC)c1. The Morgan fingerprint density at radius 1 is 1.24 bits per heavy atom. The molecule has 25 heavy (non-hydrogen) atoms. The van der Waals surface area contributed by atoms with Gasteiger partial charge >= 0.3 is 6.09 Å². The summed E-state index contributed by atoms with van der Waals surface area (Å²) in [6.45, 7) is 8.62. The predicted octanol–water partition coefficient (Wildman–Crippen LogP) is 3.25. The molecule has 132 valence electrons. The van der Waals surface area contributed by atoms with Crippen LogP contribution in [0, 0.1) is 13.8 Å². The summed E-state index contributed by atoms with van der Waals surface area (Å²) in [5.74, 6) is 0. The Balaban J connectivity index is 1.93. The number of aryl methyl sites for hydroxylation is 2. The number of methoxy groups -OCH3 is 1. The van der Waals surface area contributed by atoms with Crippen LogP contribution in [0.2, 0.25) is 0 Å². The van der Waals surface area contributed by atoms with Crippen LogP contribution in [0.25, 0.3) is 5.70 Å². The van der Waals surface area contributed by atoms with Gasteiger partial charge < -0.3 is 10.1 Å². The summed E-state index contributed by atoms with van der Waals surface area (Å²) in [4.78, 5) is 21.1. The summed E-state index contributed by atoms with van der Waals surface area (Å²) in [6, 6.07) is 11.6. The van der Waals surface area contributed by atoms with Crippen molar-refractivity contribution in [3.05, 3.63) is 71.1 Å². The molecule has 2 aromatic rings. The van der Waals surface area contributed by atoms with E-state index >= 15 is 0 Å². The molecular formula is C19H23N3O3. The van der Waals surface area contributed by atoms with Crippen LogP contribution in [0.4, 0.5) is 4.79 Å². The normalized spacial score (nSPS) is 10.2. The number of hydrogen-bond acceptors (Lipinski definition) is 5. The Morgan fingerprint density at radius 2 is 2.04 bits per heavy atom. The quantitative estimate of drug-likeness (QED) is 0.757. The molecule has 0 bridgehead atoms. The lowest BCUT2D eigenvalue weighted by atomic mass is 10.0. The molecule has 0 aliphatic heterocycles. The number of hydroxylamine groups is 1. The van der Waals surface area contributed by atoms with Crippen LogP contribution in [0.3, 0.4) is 0 Å². The fourth-order valence-corrected chi connectivity index (χ4v) is 2.23. The van der Waals surface area contributed by atoms with Gasteiger partial charge in [-0.3, -0.25) is 15.3 Å². The maximum atomic E-state index is 11.2. The molecule has 1 aromatic carbocycles. The molecule has 0 atom stereocenters. The molecule has 0 aliphatic rings. The number of pyridine rings is 1. The highest BCUT2D eigenvalue weighted by Crippen LogP contribution is 2.16.